The number of aliphatic hydroxyl groups is 1. The largest absolute Gasteiger partial charge is 0.392 e. The summed E-state index contributed by atoms with van der Waals surface area (Å²) in [5.74, 6) is -0.116. The highest BCUT2D eigenvalue weighted by Gasteiger charge is 2.28. The fraction of sp³-hybridized carbons (Fsp3) is 0.625. The molecule has 2 aliphatic rings. The van der Waals surface area contributed by atoms with Crippen molar-refractivity contribution in [3.63, 3.8) is 0 Å². The number of halogens is 2. The van der Waals surface area contributed by atoms with Crippen LogP contribution in [-0.4, -0.2) is 70.5 Å². The van der Waals surface area contributed by atoms with Crippen molar-refractivity contribution in [3.05, 3.63) is 53.4 Å². The number of rotatable bonds is 8. The van der Waals surface area contributed by atoms with E-state index in [0.717, 1.165) is 88.7 Å². The molecule has 31 heavy (non-hydrogen) atoms. The number of hydrogen-bond acceptors (Lipinski definition) is 4. The summed E-state index contributed by atoms with van der Waals surface area (Å²) in [4.78, 5) is 4.81. The molecule has 0 saturated carbocycles. The summed E-state index contributed by atoms with van der Waals surface area (Å²) in [6.07, 6.45) is 7.43. The molecule has 170 valence electrons. The van der Waals surface area contributed by atoms with Crippen molar-refractivity contribution in [2.75, 3.05) is 39.3 Å². The first-order valence-corrected chi connectivity index (χ1v) is 11.6. The summed E-state index contributed by atoms with van der Waals surface area (Å²) < 4.78 is 26.6. The molecule has 5 nitrogen and oxygen atoms in total. The molecule has 0 spiro atoms. The van der Waals surface area contributed by atoms with E-state index in [1.165, 1.54) is 12.1 Å². The highest BCUT2D eigenvalue weighted by atomic mass is 19.1. The molecular formula is C24H34F2N4O. The number of piperidine rings is 2. The molecule has 2 fully saturated rings. The van der Waals surface area contributed by atoms with Crippen LogP contribution in [-0.2, 0) is 6.42 Å². The summed E-state index contributed by atoms with van der Waals surface area (Å²) >= 11 is 0. The third-order valence-electron chi connectivity index (χ3n) is 7.01. The minimum absolute atomic E-state index is 0.264. The Labute approximate surface area is 183 Å². The predicted octanol–water partition coefficient (Wildman–Crippen LogP) is 3.57. The average molecular weight is 433 g/mol. The van der Waals surface area contributed by atoms with Gasteiger partial charge in [-0.25, -0.2) is 8.78 Å². The summed E-state index contributed by atoms with van der Waals surface area (Å²) in [7, 11) is 0. The van der Waals surface area contributed by atoms with Gasteiger partial charge in [0.05, 0.1) is 11.8 Å². The van der Waals surface area contributed by atoms with E-state index in [4.69, 9.17) is 0 Å². The average Bonchev–Trinajstić information content (AvgIpc) is 3.29. The van der Waals surface area contributed by atoms with Gasteiger partial charge in [0.2, 0.25) is 0 Å². The van der Waals surface area contributed by atoms with Crippen LogP contribution >= 0.6 is 0 Å². The van der Waals surface area contributed by atoms with Gasteiger partial charge in [0.1, 0.15) is 11.6 Å². The zero-order chi connectivity index (χ0) is 21.6. The lowest BCUT2D eigenvalue weighted by Gasteiger charge is -2.37. The lowest BCUT2D eigenvalue weighted by atomic mass is 9.89. The van der Waals surface area contributed by atoms with Crippen molar-refractivity contribution in [2.24, 2.45) is 5.92 Å². The van der Waals surface area contributed by atoms with Crippen molar-refractivity contribution in [1.82, 2.24) is 20.0 Å². The number of H-pyrrole nitrogens is 1. The summed E-state index contributed by atoms with van der Waals surface area (Å²) in [5.41, 5.74) is 1.88. The Bertz CT molecular complexity index is 780. The van der Waals surface area contributed by atoms with Gasteiger partial charge in [0, 0.05) is 24.7 Å². The van der Waals surface area contributed by atoms with Crippen molar-refractivity contribution < 1.29 is 13.9 Å². The third kappa shape index (κ3) is 6.34. The van der Waals surface area contributed by atoms with Crippen molar-refractivity contribution in [1.29, 1.82) is 0 Å². The van der Waals surface area contributed by atoms with Gasteiger partial charge in [-0.2, -0.15) is 5.10 Å². The number of aliphatic hydroxyl groups excluding tert-OH is 1. The van der Waals surface area contributed by atoms with Gasteiger partial charge >= 0.3 is 0 Å². The maximum Gasteiger partial charge on any atom is 0.126 e. The molecule has 1 aromatic carbocycles. The molecule has 4 rings (SSSR count). The number of likely N-dealkylation sites (tertiary alicyclic amines) is 2. The Morgan fingerprint density at radius 2 is 1.68 bits per heavy atom. The molecule has 1 aromatic heterocycles. The summed E-state index contributed by atoms with van der Waals surface area (Å²) in [6, 6.07) is 5.83. The van der Waals surface area contributed by atoms with Crippen LogP contribution < -0.4 is 0 Å². The minimum Gasteiger partial charge on any atom is -0.392 e. The first-order valence-electron chi connectivity index (χ1n) is 11.6. The number of aromatic nitrogens is 2. The van der Waals surface area contributed by atoms with E-state index in [2.05, 4.69) is 26.1 Å². The Balaban J connectivity index is 1.13. The van der Waals surface area contributed by atoms with E-state index < -0.39 is 11.6 Å². The van der Waals surface area contributed by atoms with Gasteiger partial charge in [-0.05, 0) is 101 Å². The second kappa shape index (κ2) is 10.7. The van der Waals surface area contributed by atoms with Gasteiger partial charge < -0.3 is 14.9 Å². The van der Waals surface area contributed by atoms with Crippen molar-refractivity contribution in [2.45, 2.75) is 50.5 Å². The van der Waals surface area contributed by atoms with Gasteiger partial charge in [0.15, 0.2) is 0 Å². The Morgan fingerprint density at radius 3 is 2.32 bits per heavy atom. The Morgan fingerprint density at radius 1 is 1.00 bits per heavy atom. The number of benzene rings is 1. The van der Waals surface area contributed by atoms with Gasteiger partial charge in [-0.15, -0.1) is 0 Å². The van der Waals surface area contributed by atoms with Gasteiger partial charge in [0.25, 0.3) is 0 Å². The van der Waals surface area contributed by atoms with E-state index >= 15 is 0 Å². The minimum atomic E-state index is -0.504. The summed E-state index contributed by atoms with van der Waals surface area (Å²) in [5, 5.41) is 18.0. The first kappa shape index (κ1) is 22.4. The predicted molar refractivity (Wildman–Crippen MR) is 117 cm³/mol. The number of nitrogens with one attached hydrogen (secondary N) is 1. The van der Waals surface area contributed by atoms with Crippen LogP contribution in [0.1, 0.15) is 49.3 Å². The van der Waals surface area contributed by atoms with E-state index in [1.54, 1.807) is 0 Å². The SMILES string of the molecule is OC(CN1CCC(c2cc[nH]n2)CC1)C1CCN(CCCc2cc(F)cc(F)c2)CC1. The molecule has 7 heteroatoms. The fourth-order valence-corrected chi connectivity index (χ4v) is 5.15. The van der Waals surface area contributed by atoms with Crippen LogP contribution in [0, 0.1) is 17.6 Å². The Hall–Kier alpha value is -1.83. The molecule has 2 saturated heterocycles. The van der Waals surface area contributed by atoms with Crippen LogP contribution in [0.3, 0.4) is 0 Å². The van der Waals surface area contributed by atoms with E-state index in [9.17, 15) is 13.9 Å². The van der Waals surface area contributed by atoms with Crippen LogP contribution in [0.2, 0.25) is 0 Å². The maximum atomic E-state index is 13.3. The standard InChI is InChI=1S/C24H34F2N4O/c25-21-14-18(15-22(26)16-21)2-1-9-29-10-6-20(7-11-29)24(31)17-30-12-4-19(5-13-30)23-3-8-27-28-23/h3,8,14-16,19-20,24,31H,1-2,4-7,9-13,17H2,(H,27,28). The molecule has 1 atom stereocenters. The van der Waals surface area contributed by atoms with Crippen LogP contribution in [0.25, 0.3) is 0 Å². The van der Waals surface area contributed by atoms with E-state index in [1.807, 2.05) is 6.20 Å². The smallest absolute Gasteiger partial charge is 0.126 e. The molecule has 1 unspecified atom stereocenters. The molecule has 0 radical (unpaired) electrons. The number of aromatic amines is 1. The van der Waals surface area contributed by atoms with Crippen LogP contribution in [0.4, 0.5) is 8.78 Å². The second-order valence-corrected chi connectivity index (χ2v) is 9.20. The highest BCUT2D eigenvalue weighted by Crippen LogP contribution is 2.28. The first-order chi connectivity index (χ1) is 15.1. The molecule has 2 aromatic rings. The lowest BCUT2D eigenvalue weighted by Crippen LogP contribution is -2.44. The third-order valence-corrected chi connectivity index (χ3v) is 7.01. The topological polar surface area (TPSA) is 55.4 Å². The molecule has 3 heterocycles. The number of nitrogens with zero attached hydrogens (tertiary/aromatic N) is 3. The Kier molecular flexibility index (Phi) is 7.69. The second-order valence-electron chi connectivity index (χ2n) is 9.20. The zero-order valence-electron chi connectivity index (χ0n) is 18.1. The van der Waals surface area contributed by atoms with E-state index in [-0.39, 0.29) is 6.10 Å². The quantitative estimate of drug-likeness (QED) is 0.670. The molecular weight excluding hydrogens is 398 g/mol. The monoisotopic (exact) mass is 432 g/mol. The molecule has 0 bridgehead atoms. The zero-order valence-corrected chi connectivity index (χ0v) is 18.1. The van der Waals surface area contributed by atoms with E-state index in [0.29, 0.717) is 18.3 Å². The highest BCUT2D eigenvalue weighted by molar-refractivity contribution is 5.18. The molecule has 2 N–H and O–H groups in total. The fourth-order valence-electron chi connectivity index (χ4n) is 5.15. The van der Waals surface area contributed by atoms with Gasteiger partial charge in [-0.1, -0.05) is 0 Å². The number of hydrogen-bond donors (Lipinski definition) is 2. The van der Waals surface area contributed by atoms with Crippen LogP contribution in [0.15, 0.2) is 30.5 Å². The molecule has 2 aliphatic heterocycles. The molecule has 0 aliphatic carbocycles. The van der Waals surface area contributed by atoms with Gasteiger partial charge in [-0.3, -0.25) is 5.10 Å². The maximum absolute atomic E-state index is 13.3. The van der Waals surface area contributed by atoms with Crippen LogP contribution in [0.5, 0.6) is 0 Å². The normalized spacial score (nSPS) is 20.9. The number of aryl methyl sites for hydroxylation is 1. The van der Waals surface area contributed by atoms with Crippen molar-refractivity contribution in [3.8, 4) is 0 Å². The number of β-amino-alcohol motifs (C(OH)–C–C–N with tert-alkyl or cyclic N) is 1. The van der Waals surface area contributed by atoms with Crippen molar-refractivity contribution >= 4 is 0 Å². The molecule has 0 amide bonds. The lowest BCUT2D eigenvalue weighted by molar-refractivity contribution is 0.0254. The summed E-state index contributed by atoms with van der Waals surface area (Å²) in [6.45, 7) is 5.72.